The second-order valence-corrected chi connectivity index (χ2v) is 2.97. The van der Waals surface area contributed by atoms with Gasteiger partial charge in [-0.3, -0.25) is 0 Å². The molecular formula is C9H12N4. The molecule has 0 spiro atoms. The molecule has 0 saturated carbocycles. The summed E-state index contributed by atoms with van der Waals surface area (Å²) in [6, 6.07) is 0. The predicted molar refractivity (Wildman–Crippen MR) is 52.7 cm³/mol. The molecule has 0 bridgehead atoms. The average molecular weight is 176 g/mol. The summed E-state index contributed by atoms with van der Waals surface area (Å²) in [6.45, 7) is 3.08. The van der Waals surface area contributed by atoms with Crippen LogP contribution in [0.1, 0.15) is 18.9 Å². The molecule has 2 rings (SSSR count). The highest BCUT2D eigenvalue weighted by Gasteiger charge is 2.12. The Morgan fingerprint density at radius 3 is 3.23 bits per heavy atom. The molecule has 1 aromatic rings. The Balaban J connectivity index is 2.23. The third kappa shape index (κ3) is 1.52. The van der Waals surface area contributed by atoms with Crippen molar-refractivity contribution in [1.29, 1.82) is 0 Å². The fourth-order valence-electron chi connectivity index (χ4n) is 1.32. The average Bonchev–Trinajstić information content (AvgIpc) is 2.62. The highest BCUT2D eigenvalue weighted by molar-refractivity contribution is 5.77. The molecule has 2 heterocycles. The van der Waals surface area contributed by atoms with Crippen LogP contribution in [0.5, 0.6) is 0 Å². The lowest BCUT2D eigenvalue weighted by molar-refractivity contribution is 0.959. The lowest BCUT2D eigenvalue weighted by Gasteiger charge is -2.06. The van der Waals surface area contributed by atoms with E-state index in [2.05, 4.69) is 27.2 Å². The third-order valence-corrected chi connectivity index (χ3v) is 1.97. The zero-order valence-corrected chi connectivity index (χ0v) is 7.62. The van der Waals surface area contributed by atoms with Gasteiger partial charge in [0.1, 0.15) is 12.1 Å². The van der Waals surface area contributed by atoms with Gasteiger partial charge in [0.15, 0.2) is 5.82 Å². The molecule has 13 heavy (non-hydrogen) atoms. The maximum Gasteiger partial charge on any atom is 0.160 e. The van der Waals surface area contributed by atoms with Crippen molar-refractivity contribution >= 4 is 17.9 Å². The summed E-state index contributed by atoms with van der Waals surface area (Å²) in [6.07, 6.45) is 5.37. The van der Waals surface area contributed by atoms with E-state index in [0.717, 1.165) is 36.6 Å². The molecule has 0 amide bonds. The Morgan fingerprint density at radius 1 is 1.46 bits per heavy atom. The third-order valence-electron chi connectivity index (χ3n) is 1.97. The van der Waals surface area contributed by atoms with Crippen molar-refractivity contribution in [3.05, 3.63) is 11.9 Å². The van der Waals surface area contributed by atoms with Crippen LogP contribution >= 0.6 is 0 Å². The summed E-state index contributed by atoms with van der Waals surface area (Å²) in [5, 5.41) is 3.26. The van der Waals surface area contributed by atoms with E-state index in [1.165, 1.54) is 0 Å². The van der Waals surface area contributed by atoms with Crippen LogP contribution in [0.3, 0.4) is 0 Å². The van der Waals surface area contributed by atoms with E-state index in [9.17, 15) is 0 Å². The first-order valence-corrected chi connectivity index (χ1v) is 4.52. The van der Waals surface area contributed by atoms with Gasteiger partial charge in [-0.15, -0.1) is 0 Å². The number of fused-ring (bicyclic) bond motifs is 1. The van der Waals surface area contributed by atoms with Gasteiger partial charge in [0.2, 0.25) is 0 Å². The summed E-state index contributed by atoms with van der Waals surface area (Å²) in [5.74, 6) is 1.75. The van der Waals surface area contributed by atoms with Crippen LogP contribution in [0.15, 0.2) is 11.3 Å². The minimum Gasteiger partial charge on any atom is -0.370 e. The standard InChI is InChI=1S/C9H12N4/c1-2-4-10-8-7-3-5-11-9(7)13-6-12-8/h5-6H,2-4H2,1H3,(H,10,12,13). The fraction of sp³-hybridized carbons (Fsp3) is 0.444. The minimum atomic E-state index is 0.814. The first-order chi connectivity index (χ1) is 6.42. The Kier molecular flexibility index (Phi) is 2.21. The van der Waals surface area contributed by atoms with Crippen LogP contribution in [-0.2, 0) is 6.42 Å². The van der Waals surface area contributed by atoms with E-state index in [0.29, 0.717) is 0 Å². The zero-order chi connectivity index (χ0) is 9.10. The number of anilines is 1. The van der Waals surface area contributed by atoms with Crippen LogP contribution in [0.4, 0.5) is 11.6 Å². The van der Waals surface area contributed by atoms with Crippen molar-refractivity contribution < 1.29 is 0 Å². The van der Waals surface area contributed by atoms with Gasteiger partial charge in [0, 0.05) is 24.7 Å². The Morgan fingerprint density at radius 2 is 2.38 bits per heavy atom. The molecule has 1 aliphatic rings. The van der Waals surface area contributed by atoms with Crippen LogP contribution < -0.4 is 5.32 Å². The van der Waals surface area contributed by atoms with E-state index < -0.39 is 0 Å². The fourth-order valence-corrected chi connectivity index (χ4v) is 1.32. The quantitative estimate of drug-likeness (QED) is 0.760. The molecule has 4 nitrogen and oxygen atoms in total. The second kappa shape index (κ2) is 3.51. The number of aromatic nitrogens is 2. The minimum absolute atomic E-state index is 0.814. The van der Waals surface area contributed by atoms with Crippen LogP contribution in [0.25, 0.3) is 0 Å². The maximum absolute atomic E-state index is 4.19. The number of rotatable bonds is 3. The Bertz CT molecular complexity index is 332. The smallest absolute Gasteiger partial charge is 0.160 e. The molecule has 1 aliphatic heterocycles. The molecule has 1 aromatic heterocycles. The molecule has 0 aromatic carbocycles. The first kappa shape index (κ1) is 8.16. The molecule has 1 N–H and O–H groups in total. The van der Waals surface area contributed by atoms with Crippen molar-refractivity contribution in [3.63, 3.8) is 0 Å². The summed E-state index contributed by atoms with van der Waals surface area (Å²) in [7, 11) is 0. The monoisotopic (exact) mass is 176 g/mol. The van der Waals surface area contributed by atoms with Gasteiger partial charge in [-0.2, -0.15) is 0 Å². The second-order valence-electron chi connectivity index (χ2n) is 2.97. The molecule has 68 valence electrons. The maximum atomic E-state index is 4.19. The summed E-state index contributed by atoms with van der Waals surface area (Å²) in [5.41, 5.74) is 1.12. The summed E-state index contributed by atoms with van der Waals surface area (Å²) >= 11 is 0. The highest BCUT2D eigenvalue weighted by atomic mass is 15.1. The van der Waals surface area contributed by atoms with Gasteiger partial charge < -0.3 is 5.32 Å². The van der Waals surface area contributed by atoms with Gasteiger partial charge in [-0.25, -0.2) is 15.0 Å². The van der Waals surface area contributed by atoms with E-state index >= 15 is 0 Å². The topological polar surface area (TPSA) is 50.2 Å². The number of nitrogens with zero attached hydrogens (tertiary/aromatic N) is 3. The lowest BCUT2D eigenvalue weighted by atomic mass is 10.2. The van der Waals surface area contributed by atoms with Crippen LogP contribution in [0.2, 0.25) is 0 Å². The lowest BCUT2D eigenvalue weighted by Crippen LogP contribution is -2.05. The zero-order valence-electron chi connectivity index (χ0n) is 7.62. The van der Waals surface area contributed by atoms with E-state index in [4.69, 9.17) is 0 Å². The molecule has 0 unspecified atom stereocenters. The van der Waals surface area contributed by atoms with Crippen LogP contribution in [-0.4, -0.2) is 22.7 Å². The summed E-state index contributed by atoms with van der Waals surface area (Å²) < 4.78 is 0. The first-order valence-electron chi connectivity index (χ1n) is 4.52. The molecule has 4 heteroatoms. The Hall–Kier alpha value is -1.45. The molecule has 0 atom stereocenters. The van der Waals surface area contributed by atoms with Crippen molar-refractivity contribution in [2.45, 2.75) is 19.8 Å². The van der Waals surface area contributed by atoms with Crippen molar-refractivity contribution in [3.8, 4) is 0 Å². The molecule has 0 aliphatic carbocycles. The molecular weight excluding hydrogens is 164 g/mol. The number of aliphatic imine (C=N–C) groups is 1. The van der Waals surface area contributed by atoms with Gasteiger partial charge in [-0.1, -0.05) is 6.92 Å². The highest BCUT2D eigenvalue weighted by Crippen LogP contribution is 2.25. The molecule has 0 saturated heterocycles. The van der Waals surface area contributed by atoms with Crippen molar-refractivity contribution in [2.24, 2.45) is 4.99 Å². The van der Waals surface area contributed by atoms with Gasteiger partial charge in [0.25, 0.3) is 0 Å². The number of hydrogen-bond acceptors (Lipinski definition) is 4. The van der Waals surface area contributed by atoms with Crippen molar-refractivity contribution in [2.75, 3.05) is 11.9 Å². The molecule has 0 radical (unpaired) electrons. The van der Waals surface area contributed by atoms with E-state index in [1.54, 1.807) is 6.33 Å². The van der Waals surface area contributed by atoms with Crippen molar-refractivity contribution in [1.82, 2.24) is 9.97 Å². The Labute approximate surface area is 77.1 Å². The number of nitrogens with one attached hydrogen (secondary N) is 1. The van der Waals surface area contributed by atoms with E-state index in [-0.39, 0.29) is 0 Å². The SMILES string of the molecule is CCCNc1ncnc2c1CC=N2. The predicted octanol–water partition coefficient (Wildman–Crippen LogP) is 1.56. The largest absolute Gasteiger partial charge is 0.370 e. The normalized spacial score (nSPS) is 13.0. The van der Waals surface area contributed by atoms with Crippen LogP contribution in [0, 0.1) is 0 Å². The van der Waals surface area contributed by atoms with Gasteiger partial charge >= 0.3 is 0 Å². The molecule has 0 fully saturated rings. The van der Waals surface area contributed by atoms with Gasteiger partial charge in [-0.05, 0) is 6.42 Å². The summed E-state index contributed by atoms with van der Waals surface area (Å²) in [4.78, 5) is 12.4. The number of hydrogen-bond donors (Lipinski definition) is 1. The van der Waals surface area contributed by atoms with Gasteiger partial charge in [0.05, 0.1) is 0 Å². The van der Waals surface area contributed by atoms with E-state index in [1.807, 2.05) is 6.21 Å².